The molecule has 8 atom stereocenters. The summed E-state index contributed by atoms with van der Waals surface area (Å²) in [5.74, 6) is 5.65. The summed E-state index contributed by atoms with van der Waals surface area (Å²) < 4.78 is 17.0. The second-order valence-corrected chi connectivity index (χ2v) is 15.8. The number of carbonyl (C=O) groups excluding carboxylic acids is 1. The molecule has 246 valence electrons. The highest BCUT2D eigenvalue weighted by atomic mass is 16.6. The summed E-state index contributed by atoms with van der Waals surface area (Å²) in [5.41, 5.74) is 2.38. The zero-order valence-corrected chi connectivity index (χ0v) is 28.8. The summed E-state index contributed by atoms with van der Waals surface area (Å²) in [4.78, 5) is 12.5. The largest absolute Gasteiger partial charge is 0.446 e. The third-order valence-electron chi connectivity index (χ3n) is 12.2. The van der Waals surface area contributed by atoms with Crippen LogP contribution in [-0.4, -0.2) is 45.2 Å². The predicted molar refractivity (Wildman–Crippen MR) is 177 cm³/mol. The van der Waals surface area contributed by atoms with Crippen LogP contribution in [-0.2, 0) is 14.2 Å². The fraction of sp³-hybridized carbons (Fsp3) is 0.868. The molecule has 3 saturated carbocycles. The van der Waals surface area contributed by atoms with E-state index in [-0.39, 0.29) is 17.6 Å². The molecule has 5 heteroatoms. The Hall–Kier alpha value is -1.33. The predicted octanol–water partition coefficient (Wildman–Crippen LogP) is 9.37. The molecule has 0 saturated heterocycles. The molecule has 3 unspecified atom stereocenters. The van der Waals surface area contributed by atoms with E-state index >= 15 is 0 Å². The molecule has 4 aliphatic rings. The normalized spacial score (nSPS) is 34.5. The van der Waals surface area contributed by atoms with Crippen LogP contribution in [0.2, 0.25) is 0 Å². The third-order valence-corrected chi connectivity index (χ3v) is 12.2. The van der Waals surface area contributed by atoms with Crippen molar-refractivity contribution in [3.8, 4) is 0 Å². The van der Waals surface area contributed by atoms with Gasteiger partial charge in [-0.05, 0) is 97.2 Å². The van der Waals surface area contributed by atoms with Crippen LogP contribution >= 0.6 is 0 Å². The lowest BCUT2D eigenvalue weighted by Crippen LogP contribution is -2.51. The van der Waals surface area contributed by atoms with Gasteiger partial charge in [-0.1, -0.05) is 91.5 Å². The molecule has 0 aromatic carbocycles. The lowest BCUT2D eigenvalue weighted by Gasteiger charge is -2.58. The van der Waals surface area contributed by atoms with Gasteiger partial charge in [0.2, 0.25) is 0 Å². The molecule has 0 radical (unpaired) electrons. The molecule has 0 aliphatic heterocycles. The minimum absolute atomic E-state index is 0.0134. The van der Waals surface area contributed by atoms with E-state index in [1.54, 1.807) is 5.57 Å². The molecule has 3 fully saturated rings. The number of hydrogen-bond donors (Lipinski definition) is 1. The van der Waals surface area contributed by atoms with Gasteiger partial charge in [0, 0.05) is 13.0 Å². The van der Waals surface area contributed by atoms with Crippen molar-refractivity contribution in [1.82, 2.24) is 5.32 Å². The highest BCUT2D eigenvalue weighted by Gasteiger charge is 2.59. The first-order valence-corrected chi connectivity index (χ1v) is 18.0. The number of ether oxygens (including phenoxy) is 3. The second-order valence-electron chi connectivity index (χ2n) is 15.8. The summed E-state index contributed by atoms with van der Waals surface area (Å²) >= 11 is 0. The highest BCUT2D eigenvalue weighted by molar-refractivity contribution is 5.67. The fourth-order valence-corrected chi connectivity index (χ4v) is 9.87. The average molecular weight is 600 g/mol. The molecule has 0 heterocycles. The van der Waals surface area contributed by atoms with E-state index in [1.165, 1.54) is 51.4 Å². The van der Waals surface area contributed by atoms with Crippen LogP contribution in [0.25, 0.3) is 0 Å². The first kappa shape index (κ1) is 34.5. The Kier molecular flexibility index (Phi) is 12.7. The lowest BCUT2D eigenvalue weighted by atomic mass is 9.47. The summed E-state index contributed by atoms with van der Waals surface area (Å²) in [7, 11) is 0. The van der Waals surface area contributed by atoms with Crippen LogP contribution in [0.4, 0.5) is 4.79 Å². The van der Waals surface area contributed by atoms with Gasteiger partial charge in [0.05, 0.1) is 26.4 Å². The van der Waals surface area contributed by atoms with Crippen molar-refractivity contribution in [1.29, 1.82) is 0 Å². The summed E-state index contributed by atoms with van der Waals surface area (Å²) in [6.07, 6.45) is 20.6. The van der Waals surface area contributed by atoms with Gasteiger partial charge >= 0.3 is 6.09 Å². The number of allylic oxidation sites excluding steroid dienone is 2. The van der Waals surface area contributed by atoms with Crippen LogP contribution in [0.1, 0.15) is 119 Å². The van der Waals surface area contributed by atoms with Gasteiger partial charge in [-0.3, -0.25) is 0 Å². The molecule has 1 amide bonds. The van der Waals surface area contributed by atoms with Gasteiger partial charge < -0.3 is 19.5 Å². The van der Waals surface area contributed by atoms with Crippen molar-refractivity contribution in [3.05, 3.63) is 23.8 Å². The second kappa shape index (κ2) is 15.8. The lowest BCUT2D eigenvalue weighted by molar-refractivity contribution is -0.0581. The monoisotopic (exact) mass is 599 g/mol. The van der Waals surface area contributed by atoms with Crippen LogP contribution in [0.5, 0.6) is 0 Å². The van der Waals surface area contributed by atoms with Crippen LogP contribution in [0, 0.1) is 52.3 Å². The van der Waals surface area contributed by atoms with E-state index in [9.17, 15) is 4.79 Å². The van der Waals surface area contributed by atoms with Gasteiger partial charge in [-0.25, -0.2) is 4.79 Å². The molecule has 5 nitrogen and oxygen atoms in total. The number of nitrogens with one attached hydrogen (secondary N) is 1. The molecule has 1 N–H and O–H groups in total. The number of amides is 1. The Labute approximate surface area is 264 Å². The topological polar surface area (TPSA) is 56.8 Å². The zero-order chi connectivity index (χ0) is 31.0. The summed E-state index contributed by atoms with van der Waals surface area (Å²) in [6, 6.07) is 0. The van der Waals surface area contributed by atoms with Crippen molar-refractivity contribution in [3.63, 3.8) is 0 Å². The van der Waals surface area contributed by atoms with Gasteiger partial charge in [0.25, 0.3) is 0 Å². The Morgan fingerprint density at radius 1 is 0.977 bits per heavy atom. The van der Waals surface area contributed by atoms with Gasteiger partial charge in [-0.2, -0.15) is 0 Å². The van der Waals surface area contributed by atoms with Crippen molar-refractivity contribution < 1.29 is 19.0 Å². The van der Waals surface area contributed by atoms with Crippen molar-refractivity contribution >= 4 is 6.09 Å². The maximum absolute atomic E-state index is 12.5. The van der Waals surface area contributed by atoms with Crippen molar-refractivity contribution in [2.45, 2.75) is 125 Å². The molecule has 0 bridgehead atoms. The number of alkyl carbamates (subject to hydrolysis) is 1. The van der Waals surface area contributed by atoms with Crippen LogP contribution in [0.15, 0.2) is 23.8 Å². The molecule has 4 aliphatic carbocycles. The van der Waals surface area contributed by atoms with E-state index in [4.69, 9.17) is 14.2 Å². The molecule has 4 rings (SSSR count). The standard InChI is InChI=1S/C38H65NO4/c1-27(2)10-8-12-29(5)33-15-16-34-32-14-13-30-26-31(17-19-37(30,6)35(32)18-20-38(33,34)7)43-36(40)39-21-23-42-25-24-41-22-9-11-28(3)4/h9,11,13,27-29,31-35H,8,10,12,14-26H2,1-7H3,(H,39,40)/b11-9+/t29-,31+,32?,33-,34?,35?,37+,38-/m1/s1. The van der Waals surface area contributed by atoms with Crippen molar-refractivity contribution in [2.75, 3.05) is 33.0 Å². The number of fused-ring (bicyclic) bond motifs is 5. The van der Waals surface area contributed by atoms with Crippen LogP contribution in [0.3, 0.4) is 0 Å². The van der Waals surface area contributed by atoms with E-state index in [1.807, 2.05) is 6.08 Å². The number of carbonyl (C=O) groups is 1. The van der Waals surface area contributed by atoms with E-state index in [0.717, 1.165) is 54.8 Å². The van der Waals surface area contributed by atoms with Gasteiger partial charge in [0.1, 0.15) is 6.10 Å². The van der Waals surface area contributed by atoms with Crippen LogP contribution < -0.4 is 5.32 Å². The maximum atomic E-state index is 12.5. The smallest absolute Gasteiger partial charge is 0.407 e. The van der Waals surface area contributed by atoms with Gasteiger partial charge in [-0.15, -0.1) is 0 Å². The first-order valence-electron chi connectivity index (χ1n) is 18.0. The minimum Gasteiger partial charge on any atom is -0.446 e. The molecule has 43 heavy (non-hydrogen) atoms. The molecule has 0 spiro atoms. The van der Waals surface area contributed by atoms with Crippen molar-refractivity contribution in [2.24, 2.45) is 52.3 Å². The highest BCUT2D eigenvalue weighted by Crippen LogP contribution is 2.67. The fourth-order valence-electron chi connectivity index (χ4n) is 9.87. The Morgan fingerprint density at radius 3 is 2.53 bits per heavy atom. The van der Waals surface area contributed by atoms with E-state index in [0.29, 0.717) is 44.3 Å². The quantitative estimate of drug-likeness (QED) is 0.150. The Balaban J connectivity index is 1.20. The number of hydrogen-bond acceptors (Lipinski definition) is 4. The SMILES string of the molecule is CC(C)/C=C/COCCOCCNC(=O)O[C@H]1CC[C@@]2(C)C(=CCC3C2CC[C@@]2(C)C3CC[C@@H]2[C@H](C)CCCC(C)C)C1. The maximum Gasteiger partial charge on any atom is 0.407 e. The average Bonchev–Trinajstić information content (AvgIpc) is 3.31. The molecule has 0 aromatic heterocycles. The Morgan fingerprint density at radius 2 is 1.77 bits per heavy atom. The molecular weight excluding hydrogens is 534 g/mol. The first-order chi connectivity index (χ1) is 20.5. The van der Waals surface area contributed by atoms with E-state index < -0.39 is 0 Å². The summed E-state index contributed by atoms with van der Waals surface area (Å²) in [6.45, 7) is 19.5. The zero-order valence-electron chi connectivity index (χ0n) is 28.8. The third kappa shape index (κ3) is 8.69. The molecule has 0 aromatic rings. The van der Waals surface area contributed by atoms with E-state index in [2.05, 4.69) is 65.9 Å². The van der Waals surface area contributed by atoms with Gasteiger partial charge in [0.15, 0.2) is 0 Å². The minimum atomic E-state index is -0.311. The Bertz CT molecular complexity index is 942. The summed E-state index contributed by atoms with van der Waals surface area (Å²) in [5, 5.41) is 2.88. The number of rotatable bonds is 15. The molecular formula is C38H65NO4.